The van der Waals surface area contributed by atoms with Crippen LogP contribution in [-0.2, 0) is 11.2 Å². The molecule has 0 bridgehead atoms. The van der Waals surface area contributed by atoms with Crippen molar-refractivity contribution in [3.05, 3.63) is 94.0 Å². The average Bonchev–Trinajstić information content (AvgIpc) is 3.27. The van der Waals surface area contributed by atoms with E-state index < -0.39 is 5.97 Å². The molecule has 0 radical (unpaired) electrons. The monoisotopic (exact) mass is 458 g/mol. The molecule has 0 aromatic heterocycles. The summed E-state index contributed by atoms with van der Waals surface area (Å²) in [6, 6.07) is 20.8. The quantitative estimate of drug-likeness (QED) is 0.231. The molecule has 7 heteroatoms. The highest BCUT2D eigenvalue weighted by atomic mass is 35.5. The van der Waals surface area contributed by atoms with E-state index in [1.807, 2.05) is 30.3 Å². The molecule has 4 rings (SSSR count). The zero-order valence-corrected chi connectivity index (χ0v) is 18.5. The highest BCUT2D eigenvalue weighted by Gasteiger charge is 2.26. The number of fused-ring (bicyclic) bond motifs is 1. The number of methoxy groups -OCH3 is 1. The Kier molecular flexibility index (Phi) is 6.43. The zero-order valence-electron chi connectivity index (χ0n) is 17.7. The third kappa shape index (κ3) is 4.74. The maximum atomic E-state index is 13.0. The van der Waals surface area contributed by atoms with Crippen LogP contribution < -0.4 is 14.4 Å². The van der Waals surface area contributed by atoms with Gasteiger partial charge in [0.15, 0.2) is 11.5 Å². The van der Waals surface area contributed by atoms with Gasteiger partial charge in [-0.2, -0.15) is 5.26 Å². The number of amides is 1. The Morgan fingerprint density at radius 3 is 2.55 bits per heavy atom. The summed E-state index contributed by atoms with van der Waals surface area (Å²) < 4.78 is 10.8. The van der Waals surface area contributed by atoms with Gasteiger partial charge in [0.05, 0.1) is 12.7 Å². The first-order valence-corrected chi connectivity index (χ1v) is 10.6. The second-order valence-corrected chi connectivity index (χ2v) is 7.75. The molecule has 1 aliphatic rings. The topological polar surface area (TPSA) is 79.6 Å². The van der Waals surface area contributed by atoms with Crippen molar-refractivity contribution >= 4 is 35.2 Å². The lowest BCUT2D eigenvalue weighted by Crippen LogP contribution is -2.29. The molecule has 0 saturated heterocycles. The van der Waals surface area contributed by atoms with Gasteiger partial charge in [-0.1, -0.05) is 35.9 Å². The lowest BCUT2D eigenvalue weighted by atomic mass is 10.1. The zero-order chi connectivity index (χ0) is 23.4. The van der Waals surface area contributed by atoms with Crippen LogP contribution in [-0.4, -0.2) is 25.5 Å². The van der Waals surface area contributed by atoms with Crippen LogP contribution in [0.1, 0.15) is 21.5 Å². The number of carbonyl (C=O) groups is 2. The molecule has 33 heavy (non-hydrogen) atoms. The van der Waals surface area contributed by atoms with Crippen LogP contribution in [0.2, 0.25) is 5.02 Å². The molecule has 1 aliphatic heterocycles. The predicted molar refractivity (Wildman–Crippen MR) is 125 cm³/mol. The minimum atomic E-state index is -0.561. The molecule has 3 aromatic rings. The van der Waals surface area contributed by atoms with Crippen LogP contribution in [0.15, 0.2) is 72.3 Å². The van der Waals surface area contributed by atoms with Crippen LogP contribution in [0, 0.1) is 11.3 Å². The predicted octanol–water partition coefficient (Wildman–Crippen LogP) is 5.06. The maximum absolute atomic E-state index is 13.0. The minimum Gasteiger partial charge on any atom is -0.493 e. The molecule has 0 spiro atoms. The summed E-state index contributed by atoms with van der Waals surface area (Å²) >= 11 is 5.86. The molecule has 1 heterocycles. The molecular weight excluding hydrogens is 440 g/mol. The van der Waals surface area contributed by atoms with E-state index in [2.05, 4.69) is 0 Å². The van der Waals surface area contributed by atoms with Crippen molar-refractivity contribution in [1.82, 2.24) is 0 Å². The Bertz CT molecular complexity index is 1290. The number of benzene rings is 3. The van der Waals surface area contributed by atoms with E-state index in [0.29, 0.717) is 28.4 Å². The molecule has 0 fully saturated rings. The lowest BCUT2D eigenvalue weighted by Gasteiger charge is -2.16. The third-order valence-electron chi connectivity index (χ3n) is 5.26. The van der Waals surface area contributed by atoms with Crippen LogP contribution in [0.3, 0.4) is 0 Å². The normalized spacial score (nSPS) is 12.6. The van der Waals surface area contributed by atoms with Gasteiger partial charge in [-0.15, -0.1) is 0 Å². The molecule has 6 nitrogen and oxygen atoms in total. The van der Waals surface area contributed by atoms with Crippen molar-refractivity contribution in [2.75, 3.05) is 18.6 Å². The van der Waals surface area contributed by atoms with Gasteiger partial charge in [-0.25, -0.2) is 4.79 Å². The molecule has 1 amide bonds. The standard InChI is InChI=1S/C26H19ClN2O4/c1-32-24-15-17(6-11-23(24)33-26(31)19-7-9-21(27)10-8-19)14-20(16-28)25(30)29-13-12-18-4-2-3-5-22(18)29/h2-11,14-15H,12-13H2,1H3/b20-14+. The van der Waals surface area contributed by atoms with E-state index in [9.17, 15) is 14.9 Å². The number of halogens is 1. The molecule has 0 unspecified atom stereocenters. The lowest BCUT2D eigenvalue weighted by molar-refractivity contribution is -0.114. The summed E-state index contributed by atoms with van der Waals surface area (Å²) in [4.78, 5) is 27.0. The summed E-state index contributed by atoms with van der Waals surface area (Å²) in [5.41, 5.74) is 2.81. The van der Waals surface area contributed by atoms with Gasteiger partial charge in [-0.3, -0.25) is 4.79 Å². The van der Waals surface area contributed by atoms with E-state index in [4.69, 9.17) is 21.1 Å². The highest BCUT2D eigenvalue weighted by Crippen LogP contribution is 2.31. The van der Waals surface area contributed by atoms with Gasteiger partial charge in [0.2, 0.25) is 0 Å². The average molecular weight is 459 g/mol. The number of anilines is 1. The Hall–Kier alpha value is -4.08. The molecule has 0 atom stereocenters. The number of esters is 1. The van der Waals surface area contributed by atoms with E-state index in [1.54, 1.807) is 47.4 Å². The molecule has 0 N–H and O–H groups in total. The van der Waals surface area contributed by atoms with Crippen LogP contribution >= 0.6 is 11.6 Å². The van der Waals surface area contributed by atoms with Crippen molar-refractivity contribution in [2.24, 2.45) is 0 Å². The summed E-state index contributed by atoms with van der Waals surface area (Å²) in [6.07, 6.45) is 2.25. The van der Waals surface area contributed by atoms with Gasteiger partial charge >= 0.3 is 5.97 Å². The second kappa shape index (κ2) is 9.60. The van der Waals surface area contributed by atoms with Gasteiger partial charge in [-0.05, 0) is 66.1 Å². The Labute approximate surface area is 196 Å². The van der Waals surface area contributed by atoms with Gasteiger partial charge in [0, 0.05) is 17.3 Å². The first-order valence-electron chi connectivity index (χ1n) is 10.2. The Balaban J connectivity index is 1.56. The van der Waals surface area contributed by atoms with Crippen molar-refractivity contribution in [2.45, 2.75) is 6.42 Å². The number of ether oxygens (including phenoxy) is 2. The maximum Gasteiger partial charge on any atom is 0.343 e. The van der Waals surface area contributed by atoms with Gasteiger partial charge < -0.3 is 14.4 Å². The van der Waals surface area contributed by atoms with Crippen LogP contribution in [0.25, 0.3) is 6.08 Å². The van der Waals surface area contributed by atoms with Crippen LogP contribution in [0.5, 0.6) is 11.5 Å². The number of rotatable bonds is 5. The smallest absolute Gasteiger partial charge is 0.343 e. The number of nitriles is 1. The van der Waals surface area contributed by atoms with E-state index in [0.717, 1.165) is 17.7 Å². The van der Waals surface area contributed by atoms with Crippen molar-refractivity contribution in [3.8, 4) is 17.6 Å². The Morgan fingerprint density at radius 2 is 1.82 bits per heavy atom. The van der Waals surface area contributed by atoms with Gasteiger partial charge in [0.25, 0.3) is 5.91 Å². The largest absolute Gasteiger partial charge is 0.493 e. The van der Waals surface area contributed by atoms with Crippen LogP contribution in [0.4, 0.5) is 5.69 Å². The SMILES string of the molecule is COc1cc(/C=C(\C#N)C(=O)N2CCc3ccccc32)ccc1OC(=O)c1ccc(Cl)cc1. The molecule has 0 aliphatic carbocycles. The third-order valence-corrected chi connectivity index (χ3v) is 5.52. The summed E-state index contributed by atoms with van der Waals surface area (Å²) in [5, 5.41) is 10.2. The number of carbonyl (C=O) groups excluding carboxylic acids is 2. The molecule has 164 valence electrons. The van der Waals surface area contributed by atoms with Crippen molar-refractivity contribution in [3.63, 3.8) is 0 Å². The van der Waals surface area contributed by atoms with E-state index in [1.165, 1.54) is 13.2 Å². The number of nitrogens with zero attached hydrogens (tertiary/aromatic N) is 2. The van der Waals surface area contributed by atoms with Gasteiger partial charge in [0.1, 0.15) is 11.6 Å². The first-order chi connectivity index (χ1) is 16.0. The number of hydrogen-bond acceptors (Lipinski definition) is 5. The van der Waals surface area contributed by atoms with Crippen molar-refractivity contribution < 1.29 is 19.1 Å². The first kappa shape index (κ1) is 22.1. The molecule has 3 aromatic carbocycles. The molecular formula is C26H19ClN2O4. The van der Waals surface area contributed by atoms with E-state index >= 15 is 0 Å². The van der Waals surface area contributed by atoms with E-state index in [-0.39, 0.29) is 17.2 Å². The second-order valence-electron chi connectivity index (χ2n) is 7.31. The minimum absolute atomic E-state index is 0.000310. The fourth-order valence-corrected chi connectivity index (χ4v) is 3.73. The van der Waals surface area contributed by atoms with Crippen molar-refractivity contribution in [1.29, 1.82) is 5.26 Å². The number of hydrogen-bond donors (Lipinski definition) is 0. The highest BCUT2D eigenvalue weighted by molar-refractivity contribution is 6.30. The fourth-order valence-electron chi connectivity index (χ4n) is 3.61. The molecule has 0 saturated carbocycles. The fraction of sp³-hybridized carbons (Fsp3) is 0.115. The Morgan fingerprint density at radius 1 is 1.06 bits per heavy atom. The summed E-state index contributed by atoms with van der Waals surface area (Å²) in [7, 11) is 1.44. The summed E-state index contributed by atoms with van der Waals surface area (Å²) in [5.74, 6) is -0.413. The summed E-state index contributed by atoms with van der Waals surface area (Å²) in [6.45, 7) is 0.528. The number of para-hydroxylation sites is 1.